The number of nitrogens with zero attached hydrogens (tertiary/aromatic N) is 1. The molecule has 0 saturated heterocycles. The maximum absolute atomic E-state index is 13.8. The molecule has 1 rings (SSSR count). The zero-order valence-corrected chi connectivity index (χ0v) is 11.7. The van der Waals surface area contributed by atoms with E-state index in [2.05, 4.69) is 11.8 Å². The monoisotopic (exact) mass is 285 g/mol. The van der Waals surface area contributed by atoms with Crippen molar-refractivity contribution in [2.75, 3.05) is 20.2 Å². The van der Waals surface area contributed by atoms with E-state index in [9.17, 15) is 12.8 Å². The highest BCUT2D eigenvalue weighted by Crippen LogP contribution is 2.19. The van der Waals surface area contributed by atoms with Gasteiger partial charge in [-0.15, -0.1) is 0 Å². The van der Waals surface area contributed by atoms with Gasteiger partial charge < -0.3 is 5.11 Å². The second-order valence-corrected chi connectivity index (χ2v) is 5.94. The summed E-state index contributed by atoms with van der Waals surface area (Å²) in [6.07, 6.45) is 0.650. The molecular formula is C13H16FNO3S. The Kier molecular flexibility index (Phi) is 5.48. The molecule has 6 heteroatoms. The molecule has 1 aromatic rings. The van der Waals surface area contributed by atoms with E-state index in [1.54, 1.807) is 0 Å². The van der Waals surface area contributed by atoms with Crippen molar-refractivity contribution in [2.24, 2.45) is 0 Å². The first-order valence-corrected chi connectivity index (χ1v) is 7.23. The van der Waals surface area contributed by atoms with Gasteiger partial charge in [0.2, 0.25) is 10.0 Å². The minimum atomic E-state index is -3.81. The van der Waals surface area contributed by atoms with Gasteiger partial charge in [0.15, 0.2) is 0 Å². The Morgan fingerprint density at radius 1 is 1.42 bits per heavy atom. The topological polar surface area (TPSA) is 57.6 Å². The number of benzene rings is 1. The van der Waals surface area contributed by atoms with Crippen LogP contribution < -0.4 is 0 Å². The molecule has 1 N–H and O–H groups in total. The molecule has 0 atom stereocenters. The van der Waals surface area contributed by atoms with Gasteiger partial charge in [-0.1, -0.05) is 18.8 Å². The molecule has 0 bridgehead atoms. The summed E-state index contributed by atoms with van der Waals surface area (Å²) < 4.78 is 39.1. The third-order valence-electron chi connectivity index (χ3n) is 2.47. The number of aliphatic hydroxyl groups excluding tert-OH is 1. The fourth-order valence-electron chi connectivity index (χ4n) is 1.53. The van der Waals surface area contributed by atoms with Gasteiger partial charge in [0.05, 0.1) is 0 Å². The number of halogens is 1. The van der Waals surface area contributed by atoms with E-state index in [1.165, 1.54) is 19.2 Å². The summed E-state index contributed by atoms with van der Waals surface area (Å²) in [6, 6.07) is 3.66. The van der Waals surface area contributed by atoms with E-state index in [0.717, 1.165) is 10.4 Å². The van der Waals surface area contributed by atoms with E-state index in [1.807, 2.05) is 6.92 Å². The van der Waals surface area contributed by atoms with Crippen LogP contribution in [0, 0.1) is 17.7 Å². The molecule has 0 heterocycles. The number of hydrogen-bond donors (Lipinski definition) is 1. The number of aliphatic hydroxyl groups is 1. The molecule has 0 fully saturated rings. The van der Waals surface area contributed by atoms with Crippen LogP contribution in [0.25, 0.3) is 0 Å². The molecule has 0 spiro atoms. The lowest BCUT2D eigenvalue weighted by molar-refractivity contribution is 0.350. The van der Waals surface area contributed by atoms with E-state index in [0.29, 0.717) is 18.5 Å². The van der Waals surface area contributed by atoms with Gasteiger partial charge in [0, 0.05) is 19.2 Å². The van der Waals surface area contributed by atoms with Crippen molar-refractivity contribution < 1.29 is 17.9 Å². The third-order valence-corrected chi connectivity index (χ3v) is 4.36. The van der Waals surface area contributed by atoms with Gasteiger partial charge in [-0.05, 0) is 24.6 Å². The number of hydrogen-bond acceptors (Lipinski definition) is 3. The molecule has 0 aliphatic heterocycles. The van der Waals surface area contributed by atoms with Crippen molar-refractivity contribution in [3.63, 3.8) is 0 Å². The maximum Gasteiger partial charge on any atom is 0.245 e. The number of sulfonamides is 1. The molecule has 1 aromatic carbocycles. The van der Waals surface area contributed by atoms with Crippen molar-refractivity contribution in [1.82, 2.24) is 4.31 Å². The van der Waals surface area contributed by atoms with Crippen molar-refractivity contribution in [3.05, 3.63) is 29.6 Å². The SMILES string of the molecule is CCCN(C)S(=O)(=O)c1ccc(C#CCO)cc1F. The Balaban J connectivity index is 3.16. The van der Waals surface area contributed by atoms with Crippen LogP contribution in [0.2, 0.25) is 0 Å². The van der Waals surface area contributed by atoms with Crippen LogP contribution in [-0.2, 0) is 10.0 Å². The molecule has 19 heavy (non-hydrogen) atoms. The van der Waals surface area contributed by atoms with Crippen LogP contribution in [0.5, 0.6) is 0 Å². The summed E-state index contributed by atoms with van der Waals surface area (Å²) in [5, 5.41) is 8.54. The molecular weight excluding hydrogens is 269 g/mol. The fourth-order valence-corrected chi connectivity index (χ4v) is 2.84. The van der Waals surface area contributed by atoms with Gasteiger partial charge in [-0.2, -0.15) is 0 Å². The smallest absolute Gasteiger partial charge is 0.245 e. The van der Waals surface area contributed by atoms with E-state index < -0.39 is 15.8 Å². The Labute approximate surface area is 112 Å². The highest BCUT2D eigenvalue weighted by molar-refractivity contribution is 7.89. The van der Waals surface area contributed by atoms with Crippen molar-refractivity contribution in [2.45, 2.75) is 18.2 Å². The molecule has 0 aliphatic rings. The van der Waals surface area contributed by atoms with Gasteiger partial charge in [-0.25, -0.2) is 17.1 Å². The van der Waals surface area contributed by atoms with Crippen molar-refractivity contribution in [1.29, 1.82) is 0 Å². The lowest BCUT2D eigenvalue weighted by atomic mass is 10.2. The predicted octanol–water partition coefficient (Wildman–Crippen LogP) is 1.20. The zero-order valence-electron chi connectivity index (χ0n) is 10.9. The lowest BCUT2D eigenvalue weighted by Crippen LogP contribution is -2.28. The first-order valence-electron chi connectivity index (χ1n) is 5.79. The third kappa shape index (κ3) is 3.77. The van der Waals surface area contributed by atoms with Crippen LogP contribution in [-0.4, -0.2) is 38.0 Å². The van der Waals surface area contributed by atoms with E-state index >= 15 is 0 Å². The van der Waals surface area contributed by atoms with Gasteiger partial charge in [0.1, 0.15) is 17.3 Å². The summed E-state index contributed by atoms with van der Waals surface area (Å²) in [5.74, 6) is 4.05. The van der Waals surface area contributed by atoms with Gasteiger partial charge in [0.25, 0.3) is 0 Å². The maximum atomic E-state index is 13.8. The predicted molar refractivity (Wildman–Crippen MR) is 70.5 cm³/mol. The van der Waals surface area contributed by atoms with Gasteiger partial charge >= 0.3 is 0 Å². The minimum Gasteiger partial charge on any atom is -0.384 e. The molecule has 0 unspecified atom stereocenters. The quantitative estimate of drug-likeness (QED) is 0.846. The first-order chi connectivity index (χ1) is 8.93. The fraction of sp³-hybridized carbons (Fsp3) is 0.385. The summed E-state index contributed by atoms with van der Waals surface area (Å²) in [6.45, 7) is 1.84. The standard InChI is InChI=1S/C13H16FNO3S/c1-3-8-15(2)19(17,18)13-7-6-11(5-4-9-16)10-12(13)14/h6-7,10,16H,3,8-9H2,1-2H3. The highest BCUT2D eigenvalue weighted by atomic mass is 32.2. The molecule has 0 aromatic heterocycles. The summed E-state index contributed by atoms with van der Waals surface area (Å²) in [5.41, 5.74) is 0.323. The molecule has 104 valence electrons. The molecule has 0 radical (unpaired) electrons. The second-order valence-electron chi connectivity index (χ2n) is 3.93. The number of rotatable bonds is 4. The second kappa shape index (κ2) is 6.66. The average molecular weight is 285 g/mol. The lowest BCUT2D eigenvalue weighted by Gasteiger charge is -2.16. The Hall–Kier alpha value is -1.42. The molecule has 0 aliphatic carbocycles. The van der Waals surface area contributed by atoms with Gasteiger partial charge in [-0.3, -0.25) is 0 Å². The van der Waals surface area contributed by atoms with Crippen LogP contribution in [0.3, 0.4) is 0 Å². The summed E-state index contributed by atoms with van der Waals surface area (Å²) in [7, 11) is -2.39. The van der Waals surface area contributed by atoms with Crippen molar-refractivity contribution in [3.8, 4) is 11.8 Å². The normalized spacial score (nSPS) is 11.2. The van der Waals surface area contributed by atoms with Crippen molar-refractivity contribution >= 4 is 10.0 Å². The van der Waals surface area contributed by atoms with Crippen LogP contribution in [0.15, 0.2) is 23.1 Å². The average Bonchev–Trinajstić information content (AvgIpc) is 2.36. The largest absolute Gasteiger partial charge is 0.384 e. The Morgan fingerprint density at radius 3 is 2.63 bits per heavy atom. The zero-order chi connectivity index (χ0) is 14.5. The first kappa shape index (κ1) is 15.6. The van der Waals surface area contributed by atoms with Crippen LogP contribution in [0.1, 0.15) is 18.9 Å². The summed E-state index contributed by atoms with van der Waals surface area (Å²) in [4.78, 5) is -0.363. The van der Waals surface area contributed by atoms with E-state index in [4.69, 9.17) is 5.11 Å². The minimum absolute atomic E-state index is 0.323. The molecule has 0 amide bonds. The summed E-state index contributed by atoms with van der Waals surface area (Å²) >= 11 is 0. The van der Waals surface area contributed by atoms with Crippen LogP contribution >= 0.6 is 0 Å². The Morgan fingerprint density at radius 2 is 2.11 bits per heavy atom. The molecule has 4 nitrogen and oxygen atoms in total. The Bertz CT molecular complexity index is 602. The molecule has 0 saturated carbocycles. The van der Waals surface area contributed by atoms with Crippen LogP contribution in [0.4, 0.5) is 4.39 Å². The van der Waals surface area contributed by atoms with E-state index in [-0.39, 0.29) is 11.5 Å². The highest BCUT2D eigenvalue weighted by Gasteiger charge is 2.23.